The van der Waals surface area contributed by atoms with Crippen molar-refractivity contribution in [2.45, 2.75) is 12.8 Å². The Hall–Kier alpha value is -1.25. The molecule has 0 unspecified atom stereocenters. The lowest BCUT2D eigenvalue weighted by Crippen LogP contribution is -2.19. The van der Waals surface area contributed by atoms with E-state index < -0.39 is 0 Å². The minimum atomic E-state index is 0.652. The van der Waals surface area contributed by atoms with Gasteiger partial charge in [0.1, 0.15) is 5.82 Å². The lowest BCUT2D eigenvalue weighted by molar-refractivity contribution is 0.949. The Morgan fingerprint density at radius 1 is 1.33 bits per heavy atom. The van der Waals surface area contributed by atoms with E-state index in [0.29, 0.717) is 5.82 Å². The summed E-state index contributed by atoms with van der Waals surface area (Å²) in [4.78, 5) is 6.35. The molecule has 0 bridgehead atoms. The van der Waals surface area contributed by atoms with E-state index in [1.807, 2.05) is 12.1 Å². The second-order valence-corrected chi connectivity index (χ2v) is 3.10. The van der Waals surface area contributed by atoms with Gasteiger partial charge in [-0.15, -0.1) is 0 Å². The van der Waals surface area contributed by atoms with Gasteiger partial charge in [0.15, 0.2) is 0 Å². The topological polar surface area (TPSA) is 42.1 Å². The quantitative estimate of drug-likeness (QED) is 0.677. The molecule has 12 heavy (non-hydrogen) atoms. The number of nitrogens with two attached hydrogens (primary N) is 1. The summed E-state index contributed by atoms with van der Waals surface area (Å²) in [5, 5.41) is 0. The van der Waals surface area contributed by atoms with E-state index >= 15 is 0 Å². The van der Waals surface area contributed by atoms with Crippen LogP contribution in [0, 0.1) is 0 Å². The molecule has 0 spiro atoms. The van der Waals surface area contributed by atoms with E-state index in [2.05, 4.69) is 9.88 Å². The third-order valence-corrected chi connectivity index (χ3v) is 2.26. The normalized spacial score (nSPS) is 16.8. The summed E-state index contributed by atoms with van der Waals surface area (Å²) in [5.74, 6) is 0.652. The Balaban J connectivity index is 2.26. The van der Waals surface area contributed by atoms with Crippen LogP contribution in [0.5, 0.6) is 0 Å². The first-order valence-corrected chi connectivity index (χ1v) is 4.33. The second kappa shape index (κ2) is 3.01. The third-order valence-electron chi connectivity index (χ3n) is 2.26. The first-order chi connectivity index (χ1) is 5.88. The number of hydrogen-bond acceptors (Lipinski definition) is 3. The van der Waals surface area contributed by atoms with Gasteiger partial charge in [0.05, 0.1) is 5.69 Å². The van der Waals surface area contributed by atoms with Crippen LogP contribution >= 0.6 is 0 Å². The summed E-state index contributed by atoms with van der Waals surface area (Å²) in [7, 11) is 0. The van der Waals surface area contributed by atoms with Crippen LogP contribution in [-0.2, 0) is 0 Å². The van der Waals surface area contributed by atoms with E-state index in [1.165, 1.54) is 12.8 Å². The molecule has 1 aromatic heterocycles. The molecule has 1 aromatic rings. The maximum absolute atomic E-state index is 5.75. The molecule has 64 valence electrons. The molecule has 0 saturated carbocycles. The first-order valence-electron chi connectivity index (χ1n) is 4.33. The lowest BCUT2D eigenvalue weighted by atomic mass is 10.3. The van der Waals surface area contributed by atoms with Gasteiger partial charge in [-0.1, -0.05) is 0 Å². The summed E-state index contributed by atoms with van der Waals surface area (Å²) >= 11 is 0. The minimum absolute atomic E-state index is 0.652. The molecule has 0 amide bonds. The van der Waals surface area contributed by atoms with E-state index in [1.54, 1.807) is 6.20 Å². The molecular formula is C9H13N3. The zero-order chi connectivity index (χ0) is 8.39. The molecule has 2 rings (SSSR count). The number of anilines is 2. The van der Waals surface area contributed by atoms with Crippen LogP contribution in [-0.4, -0.2) is 18.1 Å². The van der Waals surface area contributed by atoms with E-state index in [4.69, 9.17) is 5.73 Å². The van der Waals surface area contributed by atoms with Crippen molar-refractivity contribution in [1.82, 2.24) is 4.98 Å². The van der Waals surface area contributed by atoms with Gasteiger partial charge >= 0.3 is 0 Å². The van der Waals surface area contributed by atoms with Gasteiger partial charge in [0, 0.05) is 19.3 Å². The molecule has 1 aliphatic rings. The van der Waals surface area contributed by atoms with Gasteiger partial charge in [-0.3, -0.25) is 0 Å². The lowest BCUT2D eigenvalue weighted by Gasteiger charge is -2.18. The molecule has 3 nitrogen and oxygen atoms in total. The van der Waals surface area contributed by atoms with Crippen molar-refractivity contribution >= 4 is 11.5 Å². The summed E-state index contributed by atoms with van der Waals surface area (Å²) in [6.45, 7) is 2.24. The number of hydrogen-bond donors (Lipinski definition) is 1. The Kier molecular flexibility index (Phi) is 1.86. The number of rotatable bonds is 1. The molecule has 1 aliphatic heterocycles. The van der Waals surface area contributed by atoms with Crippen LogP contribution in [0.25, 0.3) is 0 Å². The highest BCUT2D eigenvalue weighted by atomic mass is 15.2. The molecule has 0 aliphatic carbocycles. The van der Waals surface area contributed by atoms with Gasteiger partial charge < -0.3 is 10.6 Å². The van der Waals surface area contributed by atoms with E-state index in [0.717, 1.165) is 18.8 Å². The average Bonchev–Trinajstić information content (AvgIpc) is 2.57. The number of pyridine rings is 1. The number of nitrogen functional groups attached to an aromatic ring is 1. The number of aromatic nitrogens is 1. The Morgan fingerprint density at radius 3 is 2.75 bits per heavy atom. The molecular weight excluding hydrogens is 150 g/mol. The van der Waals surface area contributed by atoms with Gasteiger partial charge in [-0.05, 0) is 25.0 Å². The fourth-order valence-electron chi connectivity index (χ4n) is 1.63. The predicted octanol–water partition coefficient (Wildman–Crippen LogP) is 1.26. The number of nitrogens with zero attached hydrogens (tertiary/aromatic N) is 2. The van der Waals surface area contributed by atoms with Crippen LogP contribution < -0.4 is 10.6 Å². The van der Waals surface area contributed by atoms with Crippen molar-refractivity contribution in [1.29, 1.82) is 0 Å². The zero-order valence-electron chi connectivity index (χ0n) is 7.03. The van der Waals surface area contributed by atoms with Crippen molar-refractivity contribution in [3.8, 4) is 0 Å². The summed E-state index contributed by atoms with van der Waals surface area (Å²) in [5.41, 5.74) is 6.84. The molecule has 0 aromatic carbocycles. The van der Waals surface area contributed by atoms with Crippen molar-refractivity contribution in [3.63, 3.8) is 0 Å². The van der Waals surface area contributed by atoms with Crippen LogP contribution in [0.3, 0.4) is 0 Å². The fourth-order valence-corrected chi connectivity index (χ4v) is 1.63. The Bertz CT molecular complexity index is 266. The van der Waals surface area contributed by atoms with Crippen molar-refractivity contribution in [3.05, 3.63) is 18.3 Å². The van der Waals surface area contributed by atoms with Gasteiger partial charge in [-0.2, -0.15) is 0 Å². The third kappa shape index (κ3) is 1.22. The van der Waals surface area contributed by atoms with Crippen LogP contribution in [0.15, 0.2) is 18.3 Å². The highest BCUT2D eigenvalue weighted by Crippen LogP contribution is 2.23. The largest absolute Gasteiger partial charge is 0.382 e. The standard InChI is InChI=1S/C9H13N3/c10-9-8(4-3-5-11-9)12-6-1-2-7-12/h3-5H,1-2,6-7H2,(H2,10,11). The zero-order valence-corrected chi connectivity index (χ0v) is 7.03. The predicted molar refractivity (Wildman–Crippen MR) is 50.1 cm³/mol. The second-order valence-electron chi connectivity index (χ2n) is 3.10. The molecule has 1 saturated heterocycles. The molecule has 2 N–H and O–H groups in total. The SMILES string of the molecule is Nc1ncccc1N1CCCC1. The van der Waals surface area contributed by atoms with Gasteiger partial charge in [0.2, 0.25) is 0 Å². The smallest absolute Gasteiger partial charge is 0.146 e. The monoisotopic (exact) mass is 163 g/mol. The van der Waals surface area contributed by atoms with E-state index in [-0.39, 0.29) is 0 Å². The fraction of sp³-hybridized carbons (Fsp3) is 0.444. The van der Waals surface area contributed by atoms with Gasteiger partial charge in [0.25, 0.3) is 0 Å². The molecule has 0 atom stereocenters. The van der Waals surface area contributed by atoms with E-state index in [9.17, 15) is 0 Å². The van der Waals surface area contributed by atoms with Crippen molar-refractivity contribution in [2.24, 2.45) is 0 Å². The van der Waals surface area contributed by atoms with Gasteiger partial charge in [-0.25, -0.2) is 4.98 Å². The minimum Gasteiger partial charge on any atom is -0.382 e. The first kappa shape index (κ1) is 7.40. The maximum atomic E-state index is 5.75. The summed E-state index contributed by atoms with van der Waals surface area (Å²) < 4.78 is 0. The summed E-state index contributed by atoms with van der Waals surface area (Å²) in [6.07, 6.45) is 4.28. The van der Waals surface area contributed by atoms with Crippen LogP contribution in [0.2, 0.25) is 0 Å². The Labute approximate surface area is 72.2 Å². The van der Waals surface area contributed by atoms with Crippen LogP contribution in [0.4, 0.5) is 11.5 Å². The summed E-state index contributed by atoms with van der Waals surface area (Å²) in [6, 6.07) is 3.97. The highest BCUT2D eigenvalue weighted by molar-refractivity contribution is 5.63. The van der Waals surface area contributed by atoms with Crippen molar-refractivity contribution in [2.75, 3.05) is 23.7 Å². The Morgan fingerprint density at radius 2 is 2.08 bits per heavy atom. The highest BCUT2D eigenvalue weighted by Gasteiger charge is 2.14. The maximum Gasteiger partial charge on any atom is 0.146 e. The molecule has 0 radical (unpaired) electrons. The molecule has 2 heterocycles. The van der Waals surface area contributed by atoms with Crippen LogP contribution in [0.1, 0.15) is 12.8 Å². The van der Waals surface area contributed by atoms with Crippen molar-refractivity contribution < 1.29 is 0 Å². The molecule has 3 heteroatoms. The average molecular weight is 163 g/mol. The molecule has 1 fully saturated rings.